The molecule has 0 saturated heterocycles. The zero-order valence-electron chi connectivity index (χ0n) is 23.3. The summed E-state index contributed by atoms with van der Waals surface area (Å²) in [6, 6.07) is 51.4. The van der Waals surface area contributed by atoms with Crippen LogP contribution < -0.4 is 0 Å². The van der Waals surface area contributed by atoms with Crippen molar-refractivity contribution in [1.29, 1.82) is 0 Å². The molecular weight excluding hydrogens is 539 g/mol. The third-order valence-corrected chi connectivity index (χ3v) is 9.91. The summed E-state index contributed by atoms with van der Waals surface area (Å²) in [6.45, 7) is 0. The molecule has 0 spiro atoms. The Balaban J connectivity index is 1.17. The number of hydrogen-bond donors (Lipinski definition) is 0. The van der Waals surface area contributed by atoms with E-state index in [1.54, 1.807) is 11.3 Å². The first-order valence-electron chi connectivity index (χ1n) is 14.6. The van der Waals surface area contributed by atoms with Crippen molar-refractivity contribution in [1.82, 2.24) is 4.98 Å². The molecule has 8 aromatic rings. The molecule has 0 atom stereocenters. The minimum Gasteiger partial charge on any atom is -0.263 e. The maximum absolute atomic E-state index is 4.31. The molecule has 2 heterocycles. The van der Waals surface area contributed by atoms with Crippen LogP contribution in [0.5, 0.6) is 0 Å². The fourth-order valence-electron chi connectivity index (χ4n) is 6.71. The van der Waals surface area contributed by atoms with E-state index in [4.69, 9.17) is 0 Å². The second kappa shape index (κ2) is 9.62. The lowest BCUT2D eigenvalue weighted by Crippen LogP contribution is -1.97. The molecule has 0 unspecified atom stereocenters. The topological polar surface area (TPSA) is 12.9 Å². The molecule has 0 saturated carbocycles. The Labute approximate surface area is 254 Å². The van der Waals surface area contributed by atoms with Gasteiger partial charge in [-0.1, -0.05) is 115 Å². The Hall–Kier alpha value is -5.31. The quantitative estimate of drug-likeness (QED) is 0.204. The number of thiophene rings is 1. The van der Waals surface area contributed by atoms with Crippen LogP contribution in [0.3, 0.4) is 0 Å². The Morgan fingerprint density at radius 2 is 0.814 bits per heavy atom. The summed E-state index contributed by atoms with van der Waals surface area (Å²) in [7, 11) is 0. The molecule has 1 nitrogen and oxygen atoms in total. The van der Waals surface area contributed by atoms with Crippen molar-refractivity contribution >= 4 is 31.5 Å². The van der Waals surface area contributed by atoms with Gasteiger partial charge in [0.15, 0.2) is 0 Å². The van der Waals surface area contributed by atoms with Crippen molar-refractivity contribution in [2.45, 2.75) is 0 Å². The number of hydrogen-bond acceptors (Lipinski definition) is 2. The van der Waals surface area contributed by atoms with Gasteiger partial charge in [-0.15, -0.1) is 11.3 Å². The second-order valence-corrected chi connectivity index (χ2v) is 12.2. The van der Waals surface area contributed by atoms with E-state index in [2.05, 4.69) is 145 Å². The molecule has 2 aromatic heterocycles. The van der Waals surface area contributed by atoms with E-state index < -0.39 is 0 Å². The predicted octanol–water partition coefficient (Wildman–Crippen LogP) is 11.8. The maximum Gasteiger partial charge on any atom is 0.0538 e. The van der Waals surface area contributed by atoms with Gasteiger partial charge in [0.05, 0.1) is 4.70 Å². The van der Waals surface area contributed by atoms with Gasteiger partial charge in [-0.25, -0.2) is 0 Å². The van der Waals surface area contributed by atoms with Crippen LogP contribution in [0.4, 0.5) is 0 Å². The molecule has 200 valence electrons. The van der Waals surface area contributed by atoms with Gasteiger partial charge in [0, 0.05) is 27.9 Å². The first kappa shape index (κ1) is 24.3. The van der Waals surface area contributed by atoms with Crippen LogP contribution >= 0.6 is 11.3 Å². The zero-order chi connectivity index (χ0) is 28.3. The SMILES string of the molecule is c1ccc2c(c1)-c1ccccc1-c1ccc(-c3ccc(-c4ccc5sc6cnccc6c5c4)cc3)cc1-c1ccccc1-2. The van der Waals surface area contributed by atoms with E-state index >= 15 is 0 Å². The molecule has 6 aromatic carbocycles. The van der Waals surface area contributed by atoms with Crippen LogP contribution in [0.2, 0.25) is 0 Å². The number of pyridine rings is 1. The molecule has 1 aliphatic rings. The van der Waals surface area contributed by atoms with Crippen molar-refractivity contribution in [3.8, 4) is 66.8 Å². The van der Waals surface area contributed by atoms with Gasteiger partial charge in [0.2, 0.25) is 0 Å². The molecule has 0 fully saturated rings. The van der Waals surface area contributed by atoms with Gasteiger partial charge >= 0.3 is 0 Å². The monoisotopic (exact) mass is 563 g/mol. The standard InChI is InChI=1S/C41H25NS/c1-2-8-31-30(7-1)32-9-3-4-11-34(32)36-19-17-28(23-38(36)35-12-6-5-10-33(31)35)26-13-15-27(16-14-26)29-18-20-40-39(24-29)37-21-22-42-25-41(37)43-40/h1-25H. The van der Waals surface area contributed by atoms with Crippen molar-refractivity contribution in [3.05, 3.63) is 152 Å². The largest absolute Gasteiger partial charge is 0.263 e. The number of aromatic nitrogens is 1. The summed E-state index contributed by atoms with van der Waals surface area (Å²) in [5.41, 5.74) is 15.1. The third kappa shape index (κ3) is 3.88. The normalized spacial score (nSPS) is 11.7. The molecule has 43 heavy (non-hydrogen) atoms. The van der Waals surface area contributed by atoms with Crippen molar-refractivity contribution in [2.24, 2.45) is 0 Å². The van der Waals surface area contributed by atoms with Crippen molar-refractivity contribution in [3.63, 3.8) is 0 Å². The fourth-order valence-corrected chi connectivity index (χ4v) is 7.76. The van der Waals surface area contributed by atoms with E-state index in [1.807, 2.05) is 12.4 Å². The first-order chi connectivity index (χ1) is 21.3. The number of nitrogens with zero attached hydrogens (tertiary/aromatic N) is 1. The van der Waals surface area contributed by atoms with E-state index in [0.717, 1.165) is 0 Å². The highest BCUT2D eigenvalue weighted by atomic mass is 32.1. The highest BCUT2D eigenvalue weighted by Crippen LogP contribution is 2.48. The van der Waals surface area contributed by atoms with Gasteiger partial charge in [-0.05, 0) is 91.0 Å². The first-order valence-corrected chi connectivity index (χ1v) is 15.4. The highest BCUT2D eigenvalue weighted by Gasteiger charge is 2.21. The summed E-state index contributed by atoms with van der Waals surface area (Å²) in [5.74, 6) is 0. The van der Waals surface area contributed by atoms with Crippen LogP contribution in [0, 0.1) is 0 Å². The molecule has 0 aliphatic heterocycles. The van der Waals surface area contributed by atoms with Crippen LogP contribution in [0.1, 0.15) is 0 Å². The number of benzene rings is 6. The Bertz CT molecular complexity index is 2340. The Morgan fingerprint density at radius 3 is 1.40 bits per heavy atom. The minimum absolute atomic E-state index is 1.22. The number of fused-ring (bicyclic) bond motifs is 11. The van der Waals surface area contributed by atoms with Crippen LogP contribution in [-0.4, -0.2) is 4.98 Å². The van der Waals surface area contributed by atoms with E-state index in [9.17, 15) is 0 Å². The van der Waals surface area contributed by atoms with Gasteiger partial charge in [-0.3, -0.25) is 4.98 Å². The lowest BCUT2D eigenvalue weighted by Gasteiger charge is -2.23. The number of rotatable bonds is 2. The molecular formula is C41H25NS. The molecule has 0 amide bonds. The molecule has 9 rings (SSSR count). The molecule has 0 radical (unpaired) electrons. The van der Waals surface area contributed by atoms with Gasteiger partial charge in [-0.2, -0.15) is 0 Å². The van der Waals surface area contributed by atoms with Crippen molar-refractivity contribution in [2.75, 3.05) is 0 Å². The average molecular weight is 564 g/mol. The van der Waals surface area contributed by atoms with E-state index in [1.165, 1.54) is 86.9 Å². The summed E-state index contributed by atoms with van der Waals surface area (Å²) in [5, 5.41) is 2.57. The lowest BCUT2D eigenvalue weighted by atomic mass is 9.80. The molecule has 0 bridgehead atoms. The third-order valence-electron chi connectivity index (χ3n) is 8.79. The molecule has 2 heteroatoms. The smallest absolute Gasteiger partial charge is 0.0538 e. The summed E-state index contributed by atoms with van der Waals surface area (Å²) < 4.78 is 2.53. The van der Waals surface area contributed by atoms with Gasteiger partial charge < -0.3 is 0 Å². The van der Waals surface area contributed by atoms with Crippen molar-refractivity contribution < 1.29 is 0 Å². The summed E-state index contributed by atoms with van der Waals surface area (Å²) in [6.07, 6.45) is 3.85. The molecule has 1 aliphatic carbocycles. The van der Waals surface area contributed by atoms with Crippen LogP contribution in [0.25, 0.3) is 86.9 Å². The second-order valence-electron chi connectivity index (χ2n) is 11.2. The maximum atomic E-state index is 4.31. The predicted molar refractivity (Wildman–Crippen MR) is 183 cm³/mol. The van der Waals surface area contributed by atoms with Gasteiger partial charge in [0.1, 0.15) is 0 Å². The minimum atomic E-state index is 1.22. The van der Waals surface area contributed by atoms with Crippen LogP contribution in [-0.2, 0) is 0 Å². The average Bonchev–Trinajstić information content (AvgIpc) is 3.46. The Morgan fingerprint density at radius 1 is 0.349 bits per heavy atom. The van der Waals surface area contributed by atoms with E-state index in [0.29, 0.717) is 0 Å². The zero-order valence-corrected chi connectivity index (χ0v) is 24.1. The van der Waals surface area contributed by atoms with Crippen LogP contribution in [0.15, 0.2) is 152 Å². The van der Waals surface area contributed by atoms with E-state index in [-0.39, 0.29) is 0 Å². The summed E-state index contributed by atoms with van der Waals surface area (Å²) >= 11 is 1.80. The highest BCUT2D eigenvalue weighted by molar-refractivity contribution is 7.25. The molecule has 0 N–H and O–H groups in total. The summed E-state index contributed by atoms with van der Waals surface area (Å²) in [4.78, 5) is 4.31. The fraction of sp³-hybridized carbons (Fsp3) is 0. The lowest BCUT2D eigenvalue weighted by molar-refractivity contribution is 1.37. The van der Waals surface area contributed by atoms with Gasteiger partial charge in [0.25, 0.3) is 0 Å². The Kier molecular flexibility index (Phi) is 5.44.